The van der Waals surface area contributed by atoms with Crippen LogP contribution in [-0.2, 0) is 0 Å². The van der Waals surface area contributed by atoms with Crippen LogP contribution in [0, 0.1) is 0 Å². The molecule has 1 saturated carbocycles. The SMILES string of the molecule is CC(CC(O)c1ccccc1)NC(=O)NC1CCCCC1. The molecule has 1 aliphatic rings. The maximum absolute atomic E-state index is 11.9. The van der Waals surface area contributed by atoms with E-state index in [0.717, 1.165) is 18.4 Å². The zero-order valence-electron chi connectivity index (χ0n) is 12.7. The van der Waals surface area contributed by atoms with Gasteiger partial charge in [-0.2, -0.15) is 0 Å². The summed E-state index contributed by atoms with van der Waals surface area (Å²) in [5, 5.41) is 16.1. The van der Waals surface area contributed by atoms with Crippen molar-refractivity contribution in [2.75, 3.05) is 0 Å². The first kappa shape index (κ1) is 15.8. The van der Waals surface area contributed by atoms with Crippen molar-refractivity contribution in [2.24, 2.45) is 0 Å². The van der Waals surface area contributed by atoms with Crippen LogP contribution in [0.1, 0.15) is 57.1 Å². The molecule has 2 amide bonds. The van der Waals surface area contributed by atoms with Gasteiger partial charge >= 0.3 is 6.03 Å². The minimum atomic E-state index is -0.545. The highest BCUT2D eigenvalue weighted by Crippen LogP contribution is 2.18. The number of aliphatic hydroxyl groups excluding tert-OH is 1. The number of carbonyl (C=O) groups is 1. The number of rotatable bonds is 5. The molecule has 2 unspecified atom stereocenters. The molecular formula is C17H26N2O2. The molecule has 4 heteroatoms. The van der Waals surface area contributed by atoms with Gasteiger partial charge in [0.25, 0.3) is 0 Å². The fourth-order valence-electron chi connectivity index (χ4n) is 2.90. The molecule has 1 aliphatic carbocycles. The lowest BCUT2D eigenvalue weighted by Gasteiger charge is -2.24. The van der Waals surface area contributed by atoms with Crippen molar-refractivity contribution in [3.63, 3.8) is 0 Å². The molecule has 0 heterocycles. The Bertz CT molecular complexity index is 430. The smallest absolute Gasteiger partial charge is 0.315 e. The van der Waals surface area contributed by atoms with Crippen LogP contribution in [0.3, 0.4) is 0 Å². The first-order valence-electron chi connectivity index (χ1n) is 7.95. The highest BCUT2D eigenvalue weighted by molar-refractivity contribution is 5.74. The van der Waals surface area contributed by atoms with Gasteiger partial charge in [0.2, 0.25) is 0 Å². The molecule has 1 aromatic carbocycles. The van der Waals surface area contributed by atoms with Gasteiger partial charge in [-0.15, -0.1) is 0 Å². The van der Waals surface area contributed by atoms with Crippen LogP contribution < -0.4 is 10.6 Å². The van der Waals surface area contributed by atoms with Crippen LogP contribution in [0.25, 0.3) is 0 Å². The van der Waals surface area contributed by atoms with E-state index in [9.17, 15) is 9.90 Å². The molecule has 2 rings (SSSR count). The third kappa shape index (κ3) is 5.38. The molecule has 0 radical (unpaired) electrons. The maximum Gasteiger partial charge on any atom is 0.315 e. The summed E-state index contributed by atoms with van der Waals surface area (Å²) in [5.41, 5.74) is 0.888. The zero-order valence-corrected chi connectivity index (χ0v) is 12.7. The quantitative estimate of drug-likeness (QED) is 0.780. The lowest BCUT2D eigenvalue weighted by atomic mass is 9.96. The predicted octanol–water partition coefficient (Wildman–Crippen LogP) is 3.13. The third-order valence-electron chi connectivity index (χ3n) is 4.08. The first-order valence-corrected chi connectivity index (χ1v) is 7.95. The van der Waals surface area contributed by atoms with Gasteiger partial charge in [-0.05, 0) is 31.7 Å². The molecular weight excluding hydrogens is 264 g/mol. The number of hydrogen-bond donors (Lipinski definition) is 3. The number of amides is 2. The zero-order chi connectivity index (χ0) is 15.1. The largest absolute Gasteiger partial charge is 0.388 e. The Kier molecular flexibility index (Phi) is 6.05. The monoisotopic (exact) mass is 290 g/mol. The van der Waals surface area contributed by atoms with E-state index in [1.807, 2.05) is 37.3 Å². The maximum atomic E-state index is 11.9. The topological polar surface area (TPSA) is 61.4 Å². The van der Waals surface area contributed by atoms with Crippen LogP contribution in [0.5, 0.6) is 0 Å². The molecule has 1 fully saturated rings. The van der Waals surface area contributed by atoms with Crippen molar-refractivity contribution in [3.8, 4) is 0 Å². The van der Waals surface area contributed by atoms with Crippen molar-refractivity contribution in [3.05, 3.63) is 35.9 Å². The molecule has 4 nitrogen and oxygen atoms in total. The molecule has 2 atom stereocenters. The highest BCUT2D eigenvalue weighted by atomic mass is 16.3. The normalized spacial score (nSPS) is 18.8. The summed E-state index contributed by atoms with van der Waals surface area (Å²) in [6.45, 7) is 1.92. The van der Waals surface area contributed by atoms with Gasteiger partial charge in [0, 0.05) is 12.1 Å². The molecule has 0 aliphatic heterocycles. The van der Waals surface area contributed by atoms with Crippen LogP contribution in [0.4, 0.5) is 4.79 Å². The van der Waals surface area contributed by atoms with E-state index in [0.29, 0.717) is 12.5 Å². The average Bonchev–Trinajstić information content (AvgIpc) is 2.48. The van der Waals surface area contributed by atoms with E-state index in [1.54, 1.807) is 0 Å². The number of carbonyl (C=O) groups excluding carboxylic acids is 1. The van der Waals surface area contributed by atoms with Gasteiger partial charge in [-0.1, -0.05) is 49.6 Å². The van der Waals surface area contributed by atoms with E-state index in [2.05, 4.69) is 10.6 Å². The number of benzene rings is 1. The second-order valence-corrected chi connectivity index (χ2v) is 6.02. The van der Waals surface area contributed by atoms with E-state index < -0.39 is 6.10 Å². The molecule has 21 heavy (non-hydrogen) atoms. The Hall–Kier alpha value is -1.55. The summed E-state index contributed by atoms with van der Waals surface area (Å²) >= 11 is 0. The van der Waals surface area contributed by atoms with Crippen LogP contribution >= 0.6 is 0 Å². The van der Waals surface area contributed by atoms with Crippen molar-refractivity contribution in [2.45, 2.75) is 63.6 Å². The van der Waals surface area contributed by atoms with E-state index in [4.69, 9.17) is 0 Å². The van der Waals surface area contributed by atoms with Gasteiger partial charge in [0.1, 0.15) is 0 Å². The number of urea groups is 1. The minimum Gasteiger partial charge on any atom is -0.388 e. The van der Waals surface area contributed by atoms with Gasteiger partial charge < -0.3 is 15.7 Å². The number of nitrogens with one attached hydrogen (secondary N) is 2. The fourth-order valence-corrected chi connectivity index (χ4v) is 2.90. The van der Waals surface area contributed by atoms with Crippen LogP contribution in [0.2, 0.25) is 0 Å². The van der Waals surface area contributed by atoms with Crippen molar-refractivity contribution >= 4 is 6.03 Å². The van der Waals surface area contributed by atoms with E-state index in [1.165, 1.54) is 19.3 Å². The van der Waals surface area contributed by atoms with Crippen LogP contribution in [-0.4, -0.2) is 23.2 Å². The number of hydrogen-bond acceptors (Lipinski definition) is 2. The molecule has 0 bridgehead atoms. The summed E-state index contributed by atoms with van der Waals surface area (Å²) in [6, 6.07) is 9.68. The number of aliphatic hydroxyl groups is 1. The molecule has 0 saturated heterocycles. The Morgan fingerprint density at radius 3 is 2.57 bits per heavy atom. The van der Waals surface area contributed by atoms with Crippen molar-refractivity contribution in [1.82, 2.24) is 10.6 Å². The van der Waals surface area contributed by atoms with E-state index in [-0.39, 0.29) is 12.1 Å². The van der Waals surface area contributed by atoms with E-state index >= 15 is 0 Å². The minimum absolute atomic E-state index is 0.0659. The molecule has 0 aromatic heterocycles. The van der Waals surface area contributed by atoms with Crippen LogP contribution in [0.15, 0.2) is 30.3 Å². The second-order valence-electron chi connectivity index (χ2n) is 6.02. The fraction of sp³-hybridized carbons (Fsp3) is 0.588. The molecule has 3 N–H and O–H groups in total. The Morgan fingerprint density at radius 2 is 1.90 bits per heavy atom. The van der Waals surface area contributed by atoms with Crippen molar-refractivity contribution in [1.29, 1.82) is 0 Å². The average molecular weight is 290 g/mol. The highest BCUT2D eigenvalue weighted by Gasteiger charge is 2.18. The van der Waals surface area contributed by atoms with Gasteiger partial charge in [0.05, 0.1) is 6.10 Å². The van der Waals surface area contributed by atoms with Gasteiger partial charge in [-0.25, -0.2) is 4.79 Å². The second kappa shape index (κ2) is 8.03. The summed E-state index contributed by atoms with van der Waals surface area (Å²) in [4.78, 5) is 11.9. The molecule has 0 spiro atoms. The lowest BCUT2D eigenvalue weighted by molar-refractivity contribution is 0.154. The van der Waals surface area contributed by atoms with Crippen molar-refractivity contribution < 1.29 is 9.90 Å². The summed E-state index contributed by atoms with van der Waals surface area (Å²) in [5.74, 6) is 0. The van der Waals surface area contributed by atoms with Gasteiger partial charge in [-0.3, -0.25) is 0 Å². The summed E-state index contributed by atoms with van der Waals surface area (Å²) in [7, 11) is 0. The molecule has 116 valence electrons. The Labute approximate surface area is 126 Å². The standard InChI is InChI=1S/C17H26N2O2/c1-13(12-16(20)14-8-4-2-5-9-14)18-17(21)19-15-10-6-3-7-11-15/h2,4-5,8-9,13,15-16,20H,3,6-7,10-12H2,1H3,(H2,18,19,21). The predicted molar refractivity (Wildman–Crippen MR) is 84.0 cm³/mol. The first-order chi connectivity index (χ1) is 10.1. The molecule has 1 aromatic rings. The van der Waals surface area contributed by atoms with Gasteiger partial charge in [0.15, 0.2) is 0 Å². The Balaban J connectivity index is 1.73. The summed E-state index contributed by atoms with van der Waals surface area (Å²) < 4.78 is 0. The lowest BCUT2D eigenvalue weighted by Crippen LogP contribution is -2.46. The summed E-state index contributed by atoms with van der Waals surface area (Å²) in [6.07, 6.45) is 5.81. The third-order valence-corrected chi connectivity index (χ3v) is 4.08. The Morgan fingerprint density at radius 1 is 1.24 bits per heavy atom.